The Morgan fingerprint density at radius 1 is 1.40 bits per heavy atom. The molecule has 1 heterocycles. The zero-order valence-electron chi connectivity index (χ0n) is 8.11. The van der Waals surface area contributed by atoms with Crippen molar-refractivity contribution in [3.8, 4) is 5.75 Å². The molecule has 0 spiro atoms. The van der Waals surface area contributed by atoms with E-state index in [1.165, 1.54) is 0 Å². The van der Waals surface area contributed by atoms with Crippen LogP contribution in [-0.2, 0) is 12.5 Å². The molecule has 4 heteroatoms. The molecule has 0 aliphatic carbocycles. The Morgan fingerprint density at radius 2 is 2.33 bits per heavy atom. The van der Waals surface area contributed by atoms with Crippen LogP contribution in [0.3, 0.4) is 0 Å². The third-order valence-corrected chi connectivity index (χ3v) is 2.29. The first kappa shape index (κ1) is 10.1. The highest BCUT2D eigenvalue weighted by molar-refractivity contribution is 6.17. The molecule has 2 rings (SSSR count). The van der Waals surface area contributed by atoms with Crippen molar-refractivity contribution in [1.29, 1.82) is 0 Å². The molecule has 15 heavy (non-hydrogen) atoms. The van der Waals surface area contributed by atoms with Crippen LogP contribution in [-0.4, -0.2) is 9.97 Å². The van der Waals surface area contributed by atoms with E-state index >= 15 is 0 Å². The monoisotopic (exact) mass is 222 g/mol. The van der Waals surface area contributed by atoms with Gasteiger partial charge in [0, 0.05) is 18.3 Å². The van der Waals surface area contributed by atoms with Crippen LogP contribution >= 0.6 is 11.6 Å². The molecule has 0 saturated carbocycles. The van der Waals surface area contributed by atoms with Crippen molar-refractivity contribution < 1.29 is 4.74 Å². The molecule has 78 valence electrons. The summed E-state index contributed by atoms with van der Waals surface area (Å²) in [6.45, 7) is 0.443. The molecule has 0 fully saturated rings. The minimum absolute atomic E-state index is 0.443. The summed E-state index contributed by atoms with van der Waals surface area (Å²) >= 11 is 5.72. The molecular formula is C11H11ClN2O. The third kappa shape index (κ3) is 2.73. The van der Waals surface area contributed by atoms with Gasteiger partial charge in [0.1, 0.15) is 18.2 Å². The number of hydrogen-bond acceptors (Lipinski definition) is 2. The van der Waals surface area contributed by atoms with Crippen molar-refractivity contribution in [2.75, 3.05) is 0 Å². The molecule has 0 atom stereocenters. The van der Waals surface area contributed by atoms with Crippen LogP contribution in [0.2, 0.25) is 0 Å². The first-order valence-corrected chi connectivity index (χ1v) is 5.18. The number of H-pyrrole nitrogens is 1. The number of nitrogens with one attached hydrogen (secondary N) is 1. The highest BCUT2D eigenvalue weighted by atomic mass is 35.5. The summed E-state index contributed by atoms with van der Waals surface area (Å²) in [5, 5.41) is 0. The van der Waals surface area contributed by atoms with Crippen LogP contribution in [0, 0.1) is 0 Å². The van der Waals surface area contributed by atoms with Crippen molar-refractivity contribution in [2.24, 2.45) is 0 Å². The van der Waals surface area contributed by atoms with E-state index in [0.29, 0.717) is 12.5 Å². The van der Waals surface area contributed by atoms with Crippen LogP contribution < -0.4 is 4.74 Å². The average Bonchev–Trinajstić information content (AvgIpc) is 2.79. The van der Waals surface area contributed by atoms with Gasteiger partial charge in [0.05, 0.1) is 0 Å². The Labute approximate surface area is 93.1 Å². The molecule has 0 aliphatic heterocycles. The van der Waals surface area contributed by atoms with Crippen LogP contribution in [0.4, 0.5) is 0 Å². The number of nitrogens with zero attached hydrogens (tertiary/aromatic N) is 1. The van der Waals surface area contributed by atoms with Crippen molar-refractivity contribution in [3.63, 3.8) is 0 Å². The van der Waals surface area contributed by atoms with Gasteiger partial charge in [0.15, 0.2) is 0 Å². The predicted molar refractivity (Wildman–Crippen MR) is 58.9 cm³/mol. The fraction of sp³-hybridized carbons (Fsp3) is 0.182. The molecule has 0 unspecified atom stereocenters. The molecule has 1 aromatic heterocycles. The number of alkyl halides is 1. The van der Waals surface area contributed by atoms with Gasteiger partial charge >= 0.3 is 0 Å². The Bertz CT molecular complexity index is 414. The zero-order valence-corrected chi connectivity index (χ0v) is 8.87. The number of benzene rings is 1. The van der Waals surface area contributed by atoms with E-state index in [4.69, 9.17) is 16.3 Å². The summed E-state index contributed by atoms with van der Waals surface area (Å²) in [7, 11) is 0. The van der Waals surface area contributed by atoms with Crippen molar-refractivity contribution >= 4 is 11.6 Å². The first-order valence-electron chi connectivity index (χ1n) is 4.64. The van der Waals surface area contributed by atoms with E-state index in [9.17, 15) is 0 Å². The van der Waals surface area contributed by atoms with E-state index in [2.05, 4.69) is 9.97 Å². The molecule has 0 aliphatic rings. The smallest absolute Gasteiger partial charge is 0.146 e. The fourth-order valence-electron chi connectivity index (χ4n) is 1.25. The molecule has 0 saturated heterocycles. The van der Waals surface area contributed by atoms with Gasteiger partial charge in [-0.2, -0.15) is 0 Å². The Balaban J connectivity index is 1.98. The van der Waals surface area contributed by atoms with Gasteiger partial charge in [-0.25, -0.2) is 4.98 Å². The number of rotatable bonds is 4. The second-order valence-corrected chi connectivity index (χ2v) is 3.37. The highest BCUT2D eigenvalue weighted by Gasteiger charge is 1.98. The number of hydrogen-bond donors (Lipinski definition) is 1. The van der Waals surface area contributed by atoms with Crippen LogP contribution in [0.5, 0.6) is 5.75 Å². The summed E-state index contributed by atoms with van der Waals surface area (Å²) in [6, 6.07) is 7.72. The number of halogens is 1. The molecule has 1 N–H and O–H groups in total. The summed E-state index contributed by atoms with van der Waals surface area (Å²) < 4.78 is 5.54. The van der Waals surface area contributed by atoms with Gasteiger partial charge in [-0.05, 0) is 17.7 Å². The summed E-state index contributed by atoms with van der Waals surface area (Å²) in [4.78, 5) is 7.04. The lowest BCUT2D eigenvalue weighted by Crippen LogP contribution is -1.97. The van der Waals surface area contributed by atoms with E-state index in [-0.39, 0.29) is 0 Å². The van der Waals surface area contributed by atoms with Crippen LogP contribution in [0.25, 0.3) is 0 Å². The Hall–Kier alpha value is -1.48. The first-order chi connectivity index (χ1) is 7.38. The van der Waals surface area contributed by atoms with Gasteiger partial charge in [-0.3, -0.25) is 0 Å². The van der Waals surface area contributed by atoms with E-state index in [1.807, 2.05) is 24.3 Å². The van der Waals surface area contributed by atoms with Crippen LogP contribution in [0.1, 0.15) is 11.4 Å². The predicted octanol–water partition coefficient (Wildman–Crippen LogP) is 2.73. The van der Waals surface area contributed by atoms with Gasteiger partial charge in [-0.15, -0.1) is 11.6 Å². The quantitative estimate of drug-likeness (QED) is 0.808. The number of ether oxygens (including phenoxy) is 1. The number of imidazole rings is 1. The lowest BCUT2D eigenvalue weighted by Gasteiger charge is -2.05. The lowest BCUT2D eigenvalue weighted by atomic mass is 10.2. The molecule has 1 aromatic carbocycles. The second kappa shape index (κ2) is 4.84. The van der Waals surface area contributed by atoms with Crippen molar-refractivity contribution in [3.05, 3.63) is 48.0 Å². The molecule has 2 aromatic rings. The minimum Gasteiger partial charge on any atom is -0.486 e. The van der Waals surface area contributed by atoms with Crippen molar-refractivity contribution in [1.82, 2.24) is 9.97 Å². The van der Waals surface area contributed by atoms with E-state index < -0.39 is 0 Å². The van der Waals surface area contributed by atoms with Gasteiger partial charge in [-0.1, -0.05) is 12.1 Å². The average molecular weight is 223 g/mol. The topological polar surface area (TPSA) is 37.9 Å². The number of aromatic nitrogens is 2. The molecule has 3 nitrogen and oxygen atoms in total. The van der Waals surface area contributed by atoms with E-state index in [1.54, 1.807) is 12.4 Å². The highest BCUT2D eigenvalue weighted by Crippen LogP contribution is 2.15. The molecule has 0 bridgehead atoms. The normalized spacial score (nSPS) is 10.2. The summed E-state index contributed by atoms with van der Waals surface area (Å²) in [5.41, 5.74) is 1.05. The van der Waals surface area contributed by atoms with Gasteiger partial charge in [0.2, 0.25) is 0 Å². The minimum atomic E-state index is 0.443. The Morgan fingerprint density at radius 3 is 3.07 bits per heavy atom. The van der Waals surface area contributed by atoms with Crippen LogP contribution in [0.15, 0.2) is 36.7 Å². The fourth-order valence-corrected chi connectivity index (χ4v) is 1.41. The van der Waals surface area contributed by atoms with Gasteiger partial charge in [0.25, 0.3) is 0 Å². The Kier molecular flexibility index (Phi) is 3.25. The zero-order chi connectivity index (χ0) is 10.5. The SMILES string of the molecule is ClCc1cccc(OCc2ncc[nH]2)c1. The molecular weight excluding hydrogens is 212 g/mol. The van der Waals surface area contributed by atoms with Crippen molar-refractivity contribution in [2.45, 2.75) is 12.5 Å². The standard InChI is InChI=1S/C11H11ClN2O/c12-7-9-2-1-3-10(6-9)15-8-11-13-4-5-14-11/h1-6H,7-8H2,(H,13,14). The summed E-state index contributed by atoms with van der Waals surface area (Å²) in [5.74, 6) is 2.12. The third-order valence-electron chi connectivity index (χ3n) is 1.98. The van der Waals surface area contributed by atoms with Gasteiger partial charge < -0.3 is 9.72 Å². The summed E-state index contributed by atoms with van der Waals surface area (Å²) in [6.07, 6.45) is 3.47. The molecule has 0 radical (unpaired) electrons. The largest absolute Gasteiger partial charge is 0.486 e. The maximum Gasteiger partial charge on any atom is 0.146 e. The van der Waals surface area contributed by atoms with E-state index in [0.717, 1.165) is 17.1 Å². The maximum atomic E-state index is 5.72. The maximum absolute atomic E-state index is 5.72. The second-order valence-electron chi connectivity index (χ2n) is 3.11. The molecule has 0 amide bonds. The number of aromatic amines is 1. The lowest BCUT2D eigenvalue weighted by molar-refractivity contribution is 0.297.